The molecule has 0 saturated carbocycles. The molecule has 1 atom stereocenters. The Balaban J connectivity index is 2.12. The van der Waals surface area contributed by atoms with Gasteiger partial charge >= 0.3 is 6.03 Å². The number of carbonyl (C=O) groups excluding carboxylic acids is 2. The number of rotatable bonds is 7. The van der Waals surface area contributed by atoms with E-state index in [9.17, 15) is 9.59 Å². The highest BCUT2D eigenvalue weighted by Crippen LogP contribution is 2.26. The van der Waals surface area contributed by atoms with Crippen LogP contribution in [0.2, 0.25) is 0 Å². The van der Waals surface area contributed by atoms with Crippen LogP contribution in [0, 0.1) is 0 Å². The third-order valence-electron chi connectivity index (χ3n) is 3.42. The Hall–Kier alpha value is -3.06. The summed E-state index contributed by atoms with van der Waals surface area (Å²) >= 11 is 0. The molecule has 144 valence electrons. The first-order chi connectivity index (χ1) is 12.7. The van der Waals surface area contributed by atoms with Gasteiger partial charge in [-0.3, -0.25) is 9.63 Å². The Morgan fingerprint density at radius 3 is 2.33 bits per heavy atom. The molecule has 0 fully saturated rings. The number of carbonyl (C=O) groups is 2. The lowest BCUT2D eigenvalue weighted by molar-refractivity contribution is -0.146. The number of hydrogen-bond acceptors (Lipinski definition) is 4. The van der Waals surface area contributed by atoms with Gasteiger partial charge in [-0.1, -0.05) is 30.3 Å². The summed E-state index contributed by atoms with van der Waals surface area (Å²) < 4.78 is 5.80. The summed E-state index contributed by atoms with van der Waals surface area (Å²) in [6.07, 6.45) is -0.0339. The molecule has 0 heterocycles. The lowest BCUT2D eigenvalue weighted by Gasteiger charge is -2.22. The smallest absolute Gasteiger partial charge is 0.312 e. The molecule has 0 aliphatic carbocycles. The third-order valence-corrected chi connectivity index (χ3v) is 3.42. The first-order valence-corrected chi connectivity index (χ1v) is 8.58. The van der Waals surface area contributed by atoms with Crippen LogP contribution >= 0.6 is 0 Å². The van der Waals surface area contributed by atoms with Crippen molar-refractivity contribution in [1.29, 1.82) is 0 Å². The van der Waals surface area contributed by atoms with Crippen molar-refractivity contribution in [3.63, 3.8) is 0 Å². The van der Waals surface area contributed by atoms with E-state index in [1.54, 1.807) is 24.3 Å². The van der Waals surface area contributed by atoms with Gasteiger partial charge in [-0.15, -0.1) is 0 Å². The zero-order chi connectivity index (χ0) is 19.9. The number of hydrogen-bond donors (Lipinski definition) is 3. The summed E-state index contributed by atoms with van der Waals surface area (Å²) in [5.41, 5.74) is 7.82. The normalized spacial score (nSPS) is 12.1. The van der Waals surface area contributed by atoms with Crippen molar-refractivity contribution in [1.82, 2.24) is 10.8 Å². The minimum Gasteiger partial charge on any atom is -0.457 e. The van der Waals surface area contributed by atoms with E-state index >= 15 is 0 Å². The molecule has 0 bridgehead atoms. The Kier molecular flexibility index (Phi) is 6.79. The molecule has 2 aromatic rings. The van der Waals surface area contributed by atoms with E-state index in [-0.39, 0.29) is 12.3 Å². The fourth-order valence-corrected chi connectivity index (χ4v) is 2.28. The highest BCUT2D eigenvalue weighted by atomic mass is 16.7. The second-order valence-electron chi connectivity index (χ2n) is 6.99. The Bertz CT molecular complexity index is 772. The average molecular weight is 371 g/mol. The van der Waals surface area contributed by atoms with E-state index in [2.05, 4.69) is 10.8 Å². The molecule has 0 aliphatic rings. The summed E-state index contributed by atoms with van der Waals surface area (Å²) in [5.74, 6) is 0.893. The van der Waals surface area contributed by atoms with Crippen molar-refractivity contribution in [3.8, 4) is 11.5 Å². The van der Waals surface area contributed by atoms with Crippen molar-refractivity contribution in [3.05, 3.63) is 60.2 Å². The number of ether oxygens (including phenoxy) is 1. The highest BCUT2D eigenvalue weighted by Gasteiger charge is 2.20. The van der Waals surface area contributed by atoms with Crippen LogP contribution in [-0.2, 0) is 9.63 Å². The Morgan fingerprint density at radius 1 is 1.04 bits per heavy atom. The first kappa shape index (κ1) is 20.3. The molecule has 2 rings (SSSR count). The molecule has 0 saturated heterocycles. The van der Waals surface area contributed by atoms with E-state index in [1.807, 2.05) is 51.1 Å². The van der Waals surface area contributed by atoms with E-state index in [0.717, 1.165) is 0 Å². The molecular formula is C20H25N3O4. The molecule has 7 nitrogen and oxygen atoms in total. The minimum atomic E-state index is -0.723. The molecule has 27 heavy (non-hydrogen) atoms. The summed E-state index contributed by atoms with van der Waals surface area (Å²) in [5, 5.41) is 2.58. The summed E-state index contributed by atoms with van der Waals surface area (Å²) in [6, 6.07) is 15.1. The first-order valence-electron chi connectivity index (χ1n) is 8.58. The molecule has 0 aliphatic heterocycles. The van der Waals surface area contributed by atoms with E-state index in [4.69, 9.17) is 15.3 Å². The van der Waals surface area contributed by atoms with Crippen molar-refractivity contribution in [2.24, 2.45) is 5.73 Å². The zero-order valence-corrected chi connectivity index (χ0v) is 15.7. The lowest BCUT2D eigenvalue weighted by atomic mass is 10.0. The molecule has 4 N–H and O–H groups in total. The van der Waals surface area contributed by atoms with Gasteiger partial charge in [-0.2, -0.15) is 0 Å². The molecule has 7 heteroatoms. The molecule has 0 spiro atoms. The van der Waals surface area contributed by atoms with Crippen molar-refractivity contribution >= 4 is 11.9 Å². The maximum absolute atomic E-state index is 12.2. The Morgan fingerprint density at radius 2 is 1.70 bits per heavy atom. The van der Waals surface area contributed by atoms with Gasteiger partial charge in [0.15, 0.2) is 0 Å². The number of amides is 3. The number of hydroxylamine groups is 1. The zero-order valence-electron chi connectivity index (χ0n) is 15.7. The van der Waals surface area contributed by atoms with Crippen LogP contribution in [0.1, 0.15) is 38.8 Å². The van der Waals surface area contributed by atoms with E-state index in [0.29, 0.717) is 17.1 Å². The van der Waals surface area contributed by atoms with Crippen LogP contribution in [0.4, 0.5) is 4.79 Å². The quantitative estimate of drug-likeness (QED) is 0.649. The van der Waals surface area contributed by atoms with Gasteiger partial charge in [0, 0.05) is 0 Å². The molecule has 0 aromatic heterocycles. The number of primary amides is 1. The summed E-state index contributed by atoms with van der Waals surface area (Å²) in [6.45, 7) is 5.45. The van der Waals surface area contributed by atoms with Crippen LogP contribution < -0.4 is 21.3 Å². The number of nitrogens with two attached hydrogens (primary N) is 1. The van der Waals surface area contributed by atoms with Crippen LogP contribution in [0.15, 0.2) is 54.6 Å². The number of urea groups is 1. The molecular weight excluding hydrogens is 346 g/mol. The topological polar surface area (TPSA) is 103 Å². The van der Waals surface area contributed by atoms with Gasteiger partial charge in [0.2, 0.25) is 5.91 Å². The highest BCUT2D eigenvalue weighted by molar-refractivity contribution is 5.78. The molecule has 3 amide bonds. The largest absolute Gasteiger partial charge is 0.457 e. The van der Waals surface area contributed by atoms with E-state index in [1.165, 1.54) is 0 Å². The predicted octanol–water partition coefficient (Wildman–Crippen LogP) is 3.42. The van der Waals surface area contributed by atoms with Gasteiger partial charge in [-0.05, 0) is 50.6 Å². The number of nitrogens with one attached hydrogen (secondary N) is 2. The van der Waals surface area contributed by atoms with Gasteiger partial charge in [0.25, 0.3) is 0 Å². The summed E-state index contributed by atoms with van der Waals surface area (Å²) in [7, 11) is 0. The number of para-hydroxylation sites is 1. The van der Waals surface area contributed by atoms with Crippen LogP contribution in [0.25, 0.3) is 0 Å². The lowest BCUT2D eigenvalue weighted by Crippen LogP contribution is -2.38. The third kappa shape index (κ3) is 7.37. The van der Waals surface area contributed by atoms with Gasteiger partial charge in [0.05, 0.1) is 18.1 Å². The fraction of sp³-hybridized carbons (Fsp3) is 0.300. The summed E-state index contributed by atoms with van der Waals surface area (Å²) in [4.78, 5) is 28.8. The maximum atomic E-state index is 12.2. The molecule has 0 radical (unpaired) electrons. The standard InChI is InChI=1S/C20H25N3O4/c1-20(2,3)27-23-18(24)13-17(22-19(21)25)14-8-7-11-16(12-14)26-15-9-5-4-6-10-15/h4-12,17H,13H2,1-3H3,(H,23,24)(H3,21,22,25). The Labute approximate surface area is 158 Å². The fourth-order valence-electron chi connectivity index (χ4n) is 2.28. The van der Waals surface area contributed by atoms with E-state index < -0.39 is 17.7 Å². The second-order valence-corrected chi connectivity index (χ2v) is 6.99. The SMILES string of the molecule is CC(C)(C)ONC(=O)CC(NC(N)=O)c1cccc(Oc2ccccc2)c1. The minimum absolute atomic E-state index is 0.0339. The monoisotopic (exact) mass is 371 g/mol. The number of benzene rings is 2. The molecule has 1 unspecified atom stereocenters. The van der Waals surface area contributed by atoms with Gasteiger partial charge < -0.3 is 15.8 Å². The van der Waals surface area contributed by atoms with Crippen molar-refractivity contribution < 1.29 is 19.2 Å². The van der Waals surface area contributed by atoms with Crippen LogP contribution in [0.3, 0.4) is 0 Å². The predicted molar refractivity (Wildman–Crippen MR) is 102 cm³/mol. The average Bonchev–Trinajstić information content (AvgIpc) is 2.60. The van der Waals surface area contributed by atoms with Gasteiger partial charge in [-0.25, -0.2) is 10.3 Å². The van der Waals surface area contributed by atoms with Crippen LogP contribution in [0.5, 0.6) is 11.5 Å². The second kappa shape index (κ2) is 9.05. The van der Waals surface area contributed by atoms with Crippen molar-refractivity contribution in [2.75, 3.05) is 0 Å². The molecule has 2 aromatic carbocycles. The van der Waals surface area contributed by atoms with Crippen molar-refractivity contribution in [2.45, 2.75) is 38.8 Å². The van der Waals surface area contributed by atoms with Gasteiger partial charge in [0.1, 0.15) is 11.5 Å². The maximum Gasteiger partial charge on any atom is 0.312 e. The van der Waals surface area contributed by atoms with Crippen LogP contribution in [-0.4, -0.2) is 17.5 Å².